The second-order valence-electron chi connectivity index (χ2n) is 5.45. The van der Waals surface area contributed by atoms with E-state index in [-0.39, 0.29) is 10.1 Å². The van der Waals surface area contributed by atoms with Gasteiger partial charge in [-0.2, -0.15) is 8.42 Å². The summed E-state index contributed by atoms with van der Waals surface area (Å²) in [6, 6.07) is 9.16. The number of fused-ring (bicyclic) bond motifs is 1. The molecule has 27 heavy (non-hydrogen) atoms. The number of carbonyl (C=O) groups excluding carboxylic acids is 1. The van der Waals surface area contributed by atoms with Crippen LogP contribution in [0, 0.1) is 6.92 Å². The summed E-state index contributed by atoms with van der Waals surface area (Å²) in [5.74, 6) is 0.657. The minimum absolute atomic E-state index is 0.00676. The number of carbonyl (C=O) groups is 1. The average Bonchev–Trinajstić information content (AvgIpc) is 2.62. The monoisotopic (exact) mass is 426 g/mol. The highest BCUT2D eigenvalue weighted by molar-refractivity contribution is 8.15. The number of urea groups is 1. The first-order valence-electron chi connectivity index (χ1n) is 7.58. The van der Waals surface area contributed by atoms with Crippen molar-refractivity contribution >= 4 is 50.3 Å². The number of hydrogen-bond donors (Lipinski definition) is 3. The predicted molar refractivity (Wildman–Crippen MR) is 105 cm³/mol. The third-order valence-corrected chi connectivity index (χ3v) is 6.46. The second kappa shape index (κ2) is 7.67. The Hall–Kier alpha value is -2.43. The highest BCUT2D eigenvalue weighted by atomic mass is 35.5. The molecule has 0 aliphatic carbocycles. The lowest BCUT2D eigenvalue weighted by molar-refractivity contribution is 0.250. The van der Waals surface area contributed by atoms with Crippen LogP contribution in [-0.4, -0.2) is 26.7 Å². The van der Waals surface area contributed by atoms with Crippen molar-refractivity contribution < 1.29 is 17.9 Å². The fourth-order valence-corrected chi connectivity index (χ4v) is 4.96. The van der Waals surface area contributed by atoms with Crippen LogP contribution in [0.3, 0.4) is 0 Å². The van der Waals surface area contributed by atoms with Crippen LogP contribution in [0.5, 0.6) is 5.75 Å². The summed E-state index contributed by atoms with van der Waals surface area (Å²) in [6.45, 7) is 1.71. The van der Waals surface area contributed by atoms with Gasteiger partial charge in [-0.1, -0.05) is 11.6 Å². The zero-order chi connectivity index (χ0) is 19.6. The van der Waals surface area contributed by atoms with Gasteiger partial charge in [0.1, 0.15) is 10.6 Å². The zero-order valence-corrected chi connectivity index (χ0v) is 16.6. The highest BCUT2D eigenvalue weighted by Crippen LogP contribution is 2.36. The van der Waals surface area contributed by atoms with Gasteiger partial charge >= 0.3 is 6.03 Å². The molecule has 3 N–H and O–H groups in total. The lowest BCUT2D eigenvalue weighted by Gasteiger charge is -2.18. The quantitative estimate of drug-likeness (QED) is 0.636. The van der Waals surface area contributed by atoms with Crippen molar-refractivity contribution in [3.05, 3.63) is 47.0 Å². The number of rotatable bonds is 2. The molecule has 0 aromatic heterocycles. The first-order valence-corrected chi connectivity index (χ1v) is 10.2. The van der Waals surface area contributed by atoms with Crippen molar-refractivity contribution in [2.24, 2.45) is 4.40 Å². The number of amidine groups is 1. The third-order valence-electron chi connectivity index (χ3n) is 3.54. The number of nitrogens with zero attached hydrogens (tertiary/aromatic N) is 1. The first kappa shape index (κ1) is 19.3. The van der Waals surface area contributed by atoms with Gasteiger partial charge in [-0.25, -0.2) is 10.2 Å². The largest absolute Gasteiger partial charge is 0.497 e. The maximum atomic E-state index is 12.3. The van der Waals surface area contributed by atoms with Gasteiger partial charge in [0.2, 0.25) is 0 Å². The van der Waals surface area contributed by atoms with Crippen LogP contribution in [-0.2, 0) is 10.0 Å². The fourth-order valence-electron chi connectivity index (χ4n) is 2.19. The Labute approximate surface area is 165 Å². The van der Waals surface area contributed by atoms with Gasteiger partial charge in [0, 0.05) is 15.6 Å². The smallest absolute Gasteiger partial charge is 0.337 e. The zero-order valence-electron chi connectivity index (χ0n) is 14.2. The summed E-state index contributed by atoms with van der Waals surface area (Å²) in [6.07, 6.45) is 0. The first-order chi connectivity index (χ1) is 12.8. The normalized spacial score (nSPS) is 14.6. The summed E-state index contributed by atoms with van der Waals surface area (Å²) >= 11 is 7.12. The van der Waals surface area contributed by atoms with E-state index in [4.69, 9.17) is 16.3 Å². The molecule has 0 radical (unpaired) electrons. The van der Waals surface area contributed by atoms with Crippen molar-refractivity contribution in [3.8, 4) is 5.75 Å². The number of methoxy groups -OCH3 is 1. The molecule has 0 spiro atoms. The van der Waals surface area contributed by atoms with Crippen LogP contribution in [0.4, 0.5) is 10.5 Å². The molecule has 8 nitrogen and oxygen atoms in total. The van der Waals surface area contributed by atoms with Crippen LogP contribution < -0.4 is 20.9 Å². The van der Waals surface area contributed by atoms with Crippen molar-refractivity contribution in [3.63, 3.8) is 0 Å². The second-order valence-corrected chi connectivity index (χ2v) is 8.46. The van der Waals surface area contributed by atoms with Gasteiger partial charge in [-0.05, 0) is 60.6 Å². The van der Waals surface area contributed by atoms with Crippen LogP contribution in [0.2, 0.25) is 5.02 Å². The molecule has 0 fully saturated rings. The van der Waals surface area contributed by atoms with Gasteiger partial charge < -0.3 is 10.1 Å². The Bertz CT molecular complexity index is 1020. The topological polar surface area (TPSA) is 109 Å². The number of aryl methyl sites for hydroxylation is 1. The van der Waals surface area contributed by atoms with E-state index in [1.54, 1.807) is 44.4 Å². The summed E-state index contributed by atoms with van der Waals surface area (Å²) < 4.78 is 33.3. The molecular formula is C16H15ClN4O4S2. The number of ether oxygens (including phenoxy) is 1. The molecule has 0 unspecified atom stereocenters. The lowest BCUT2D eigenvalue weighted by Crippen LogP contribution is -2.43. The summed E-state index contributed by atoms with van der Waals surface area (Å²) in [7, 11) is -2.34. The third kappa shape index (κ3) is 4.46. The number of amides is 2. The van der Waals surface area contributed by atoms with E-state index in [0.29, 0.717) is 26.9 Å². The molecular weight excluding hydrogens is 412 g/mol. The molecule has 0 saturated carbocycles. The van der Waals surface area contributed by atoms with Crippen LogP contribution in [0.1, 0.15) is 5.56 Å². The van der Waals surface area contributed by atoms with Gasteiger partial charge in [0.05, 0.1) is 7.11 Å². The molecule has 142 valence electrons. The van der Waals surface area contributed by atoms with Crippen LogP contribution in [0.15, 0.2) is 50.6 Å². The number of anilines is 1. The summed E-state index contributed by atoms with van der Waals surface area (Å²) in [5.41, 5.74) is 6.02. The maximum absolute atomic E-state index is 12.3. The van der Waals surface area contributed by atoms with Crippen molar-refractivity contribution in [2.75, 3.05) is 12.4 Å². The Morgan fingerprint density at radius 3 is 2.59 bits per heavy atom. The Balaban J connectivity index is 1.66. The maximum Gasteiger partial charge on any atom is 0.337 e. The molecule has 2 amide bonds. The van der Waals surface area contributed by atoms with E-state index in [9.17, 15) is 13.2 Å². The van der Waals surface area contributed by atoms with Gasteiger partial charge in [-0.3, -0.25) is 5.43 Å². The van der Waals surface area contributed by atoms with Gasteiger partial charge in [-0.15, -0.1) is 4.40 Å². The number of thioether (sulfide) groups is 1. The standard InChI is InChI=1S/C16H15ClN4O4S2/c1-9-7-14-13(8-12(9)17)26-16(21-27(14,23)24)20-19-15(22)18-10-3-5-11(25-2)6-4-10/h3-8H,1-2H3,(H,20,21)(H2,18,19,22). The van der Waals surface area contributed by atoms with Crippen molar-refractivity contribution in [1.82, 2.24) is 10.9 Å². The van der Waals surface area contributed by atoms with Gasteiger partial charge in [0.25, 0.3) is 10.0 Å². The van der Waals surface area contributed by atoms with E-state index in [1.165, 1.54) is 6.07 Å². The Kier molecular flexibility index (Phi) is 5.49. The Morgan fingerprint density at radius 2 is 1.93 bits per heavy atom. The number of hydrazine groups is 1. The molecule has 0 saturated heterocycles. The number of halogens is 1. The van der Waals surface area contributed by atoms with Crippen LogP contribution in [0.25, 0.3) is 0 Å². The number of benzene rings is 2. The van der Waals surface area contributed by atoms with E-state index < -0.39 is 16.1 Å². The molecule has 1 aliphatic rings. The fraction of sp³-hybridized carbons (Fsp3) is 0.125. The number of hydrogen-bond acceptors (Lipinski definition) is 6. The average molecular weight is 427 g/mol. The minimum atomic E-state index is -3.88. The van der Waals surface area contributed by atoms with Crippen molar-refractivity contribution in [1.29, 1.82) is 0 Å². The molecule has 2 aromatic carbocycles. The molecule has 0 bridgehead atoms. The van der Waals surface area contributed by atoms with Crippen LogP contribution >= 0.6 is 23.4 Å². The highest BCUT2D eigenvalue weighted by Gasteiger charge is 2.27. The molecule has 1 aliphatic heterocycles. The van der Waals surface area contributed by atoms with E-state index in [1.807, 2.05) is 0 Å². The van der Waals surface area contributed by atoms with E-state index >= 15 is 0 Å². The minimum Gasteiger partial charge on any atom is -0.497 e. The van der Waals surface area contributed by atoms with Crippen molar-refractivity contribution in [2.45, 2.75) is 16.7 Å². The predicted octanol–water partition coefficient (Wildman–Crippen LogP) is 3.13. The summed E-state index contributed by atoms with van der Waals surface area (Å²) in [4.78, 5) is 12.5. The summed E-state index contributed by atoms with van der Waals surface area (Å²) in [5, 5.41) is 3.04. The SMILES string of the molecule is COc1ccc(NC(=O)NNC2=NS(=O)(=O)c3cc(C)c(Cl)cc3S2)cc1. The molecule has 1 heterocycles. The van der Waals surface area contributed by atoms with E-state index in [2.05, 4.69) is 20.6 Å². The Morgan fingerprint density at radius 1 is 1.22 bits per heavy atom. The molecule has 3 rings (SSSR count). The van der Waals surface area contributed by atoms with E-state index in [0.717, 1.165) is 11.8 Å². The number of nitrogens with one attached hydrogen (secondary N) is 3. The molecule has 2 aromatic rings. The lowest BCUT2D eigenvalue weighted by atomic mass is 10.2. The number of sulfonamides is 1. The molecule has 0 atom stereocenters. The molecule has 11 heteroatoms. The van der Waals surface area contributed by atoms with Gasteiger partial charge in [0.15, 0.2) is 5.17 Å².